The van der Waals surface area contributed by atoms with Gasteiger partial charge in [0.25, 0.3) is 5.56 Å². The maximum atomic E-state index is 13.4. The fourth-order valence-electron chi connectivity index (χ4n) is 4.02. The lowest BCUT2D eigenvalue weighted by atomic mass is 9.88. The summed E-state index contributed by atoms with van der Waals surface area (Å²) in [6, 6.07) is 11.5. The molecule has 0 radical (unpaired) electrons. The van der Waals surface area contributed by atoms with E-state index < -0.39 is 0 Å². The first-order valence-corrected chi connectivity index (χ1v) is 12.8. The van der Waals surface area contributed by atoms with Crippen LogP contribution in [-0.4, -0.2) is 22.0 Å². The SMILES string of the molecule is CC[C@H](C)Oc1ccc(C=Nn2c(C3CCCCC3)nc3ccc(Br)cc3c2=O)cc1Br. The average Bonchev–Trinajstić information content (AvgIpc) is 2.80. The molecule has 2 aromatic carbocycles. The zero-order valence-corrected chi connectivity index (χ0v) is 21.5. The number of hydrogen-bond acceptors (Lipinski definition) is 4. The summed E-state index contributed by atoms with van der Waals surface area (Å²) in [5.41, 5.74) is 1.47. The molecule has 0 bridgehead atoms. The van der Waals surface area contributed by atoms with E-state index in [1.54, 1.807) is 6.21 Å². The number of halogens is 2. The number of nitrogens with zero attached hydrogens (tertiary/aromatic N) is 3. The fraction of sp³-hybridized carbons (Fsp3) is 0.400. The maximum Gasteiger partial charge on any atom is 0.282 e. The van der Waals surface area contributed by atoms with Gasteiger partial charge in [-0.2, -0.15) is 9.78 Å². The molecule has 0 spiro atoms. The average molecular weight is 561 g/mol. The predicted molar refractivity (Wildman–Crippen MR) is 137 cm³/mol. The molecule has 0 unspecified atom stereocenters. The highest BCUT2D eigenvalue weighted by Crippen LogP contribution is 2.32. The molecule has 5 nitrogen and oxygen atoms in total. The van der Waals surface area contributed by atoms with Crippen LogP contribution in [0.15, 0.2) is 55.2 Å². The molecule has 3 aromatic rings. The van der Waals surface area contributed by atoms with Crippen LogP contribution in [0.2, 0.25) is 0 Å². The lowest BCUT2D eigenvalue weighted by Crippen LogP contribution is -2.25. The Bertz CT molecular complexity index is 1200. The van der Waals surface area contributed by atoms with Gasteiger partial charge in [-0.05, 0) is 84.1 Å². The molecule has 7 heteroatoms. The zero-order chi connectivity index (χ0) is 22.7. The molecule has 0 saturated heterocycles. The molecular formula is C25H27Br2N3O2. The van der Waals surface area contributed by atoms with E-state index >= 15 is 0 Å². The maximum absolute atomic E-state index is 13.4. The van der Waals surface area contributed by atoms with Crippen molar-refractivity contribution in [2.75, 3.05) is 0 Å². The summed E-state index contributed by atoms with van der Waals surface area (Å²) in [6.45, 7) is 4.14. The van der Waals surface area contributed by atoms with Gasteiger partial charge < -0.3 is 4.74 Å². The standard InChI is InChI=1S/C25H27Br2N3O2/c1-3-16(2)32-23-12-9-17(13-21(23)27)15-28-30-24(18-7-5-4-6-8-18)29-22-11-10-19(26)14-20(22)25(30)31/h9-16,18H,3-8H2,1-2H3/t16-/m0/s1. The van der Waals surface area contributed by atoms with E-state index in [0.717, 1.165) is 63.7 Å². The number of benzene rings is 2. The summed E-state index contributed by atoms with van der Waals surface area (Å²) in [7, 11) is 0. The van der Waals surface area contributed by atoms with E-state index in [9.17, 15) is 4.79 Å². The van der Waals surface area contributed by atoms with Crippen molar-refractivity contribution >= 4 is 49.0 Å². The molecule has 1 saturated carbocycles. The molecule has 1 aliphatic carbocycles. The Kier molecular flexibility index (Phi) is 7.46. The number of rotatable bonds is 6. The van der Waals surface area contributed by atoms with Crippen molar-refractivity contribution in [3.63, 3.8) is 0 Å². The highest BCUT2D eigenvalue weighted by Gasteiger charge is 2.22. The van der Waals surface area contributed by atoms with Crippen LogP contribution in [0.1, 0.15) is 69.7 Å². The van der Waals surface area contributed by atoms with Crippen LogP contribution >= 0.6 is 31.9 Å². The van der Waals surface area contributed by atoms with Gasteiger partial charge in [0.1, 0.15) is 11.6 Å². The molecule has 1 aliphatic rings. The van der Waals surface area contributed by atoms with Crippen LogP contribution < -0.4 is 10.3 Å². The molecule has 0 aliphatic heterocycles. The molecule has 4 rings (SSSR count). The lowest BCUT2D eigenvalue weighted by Gasteiger charge is -2.22. The van der Waals surface area contributed by atoms with Gasteiger partial charge in [-0.1, -0.05) is 42.1 Å². The van der Waals surface area contributed by atoms with Gasteiger partial charge in [0.2, 0.25) is 0 Å². The monoisotopic (exact) mass is 559 g/mol. The minimum atomic E-state index is -0.135. The third kappa shape index (κ3) is 5.15. The normalized spacial score (nSPS) is 16.0. The Balaban J connectivity index is 1.74. The number of hydrogen-bond donors (Lipinski definition) is 0. The highest BCUT2D eigenvalue weighted by molar-refractivity contribution is 9.10. The Morgan fingerprint density at radius 1 is 1.19 bits per heavy atom. The van der Waals surface area contributed by atoms with E-state index in [1.165, 1.54) is 11.1 Å². The number of ether oxygens (including phenoxy) is 1. The summed E-state index contributed by atoms with van der Waals surface area (Å²) >= 11 is 7.06. The Hall–Kier alpha value is -1.99. The Labute approximate surface area is 205 Å². The quantitative estimate of drug-likeness (QED) is 0.304. The second-order valence-corrected chi connectivity index (χ2v) is 10.1. The van der Waals surface area contributed by atoms with Gasteiger partial charge in [-0.25, -0.2) is 4.98 Å². The highest BCUT2D eigenvalue weighted by atomic mass is 79.9. The molecular weight excluding hydrogens is 534 g/mol. The van der Waals surface area contributed by atoms with Crippen molar-refractivity contribution in [1.82, 2.24) is 9.66 Å². The van der Waals surface area contributed by atoms with Crippen molar-refractivity contribution in [2.24, 2.45) is 5.10 Å². The van der Waals surface area contributed by atoms with Crippen molar-refractivity contribution < 1.29 is 4.74 Å². The van der Waals surface area contributed by atoms with Crippen molar-refractivity contribution in [2.45, 2.75) is 64.4 Å². The largest absolute Gasteiger partial charge is 0.490 e. The summed E-state index contributed by atoms with van der Waals surface area (Å²) in [6.07, 6.45) is 8.44. The van der Waals surface area contributed by atoms with Gasteiger partial charge in [0, 0.05) is 10.4 Å². The minimum absolute atomic E-state index is 0.135. The second kappa shape index (κ2) is 10.3. The number of fused-ring (bicyclic) bond motifs is 1. The minimum Gasteiger partial charge on any atom is -0.490 e. The molecule has 1 fully saturated rings. The fourth-order valence-corrected chi connectivity index (χ4v) is 4.87. The lowest BCUT2D eigenvalue weighted by molar-refractivity contribution is 0.216. The van der Waals surface area contributed by atoms with E-state index in [1.807, 2.05) is 43.3 Å². The van der Waals surface area contributed by atoms with Gasteiger partial charge in [-0.3, -0.25) is 4.79 Å². The first-order valence-electron chi connectivity index (χ1n) is 11.2. The topological polar surface area (TPSA) is 56.5 Å². The van der Waals surface area contributed by atoms with Crippen LogP contribution in [0, 0.1) is 0 Å². The van der Waals surface area contributed by atoms with Gasteiger partial charge in [-0.15, -0.1) is 0 Å². The Morgan fingerprint density at radius 3 is 2.69 bits per heavy atom. The second-order valence-electron chi connectivity index (χ2n) is 8.35. The first kappa shape index (κ1) is 23.2. The predicted octanol–water partition coefficient (Wildman–Crippen LogP) is 7.03. The van der Waals surface area contributed by atoms with Crippen LogP contribution in [-0.2, 0) is 0 Å². The smallest absolute Gasteiger partial charge is 0.282 e. The summed E-state index contributed by atoms with van der Waals surface area (Å²) in [5, 5.41) is 5.18. The van der Waals surface area contributed by atoms with E-state index in [4.69, 9.17) is 9.72 Å². The molecule has 32 heavy (non-hydrogen) atoms. The third-order valence-electron chi connectivity index (χ3n) is 5.98. The van der Waals surface area contributed by atoms with E-state index in [2.05, 4.69) is 43.9 Å². The van der Waals surface area contributed by atoms with Crippen LogP contribution in [0.3, 0.4) is 0 Å². The van der Waals surface area contributed by atoms with Crippen LogP contribution in [0.5, 0.6) is 5.75 Å². The molecule has 1 atom stereocenters. The van der Waals surface area contributed by atoms with Crippen LogP contribution in [0.4, 0.5) is 0 Å². The van der Waals surface area contributed by atoms with E-state index in [0.29, 0.717) is 5.39 Å². The van der Waals surface area contributed by atoms with Crippen LogP contribution in [0.25, 0.3) is 10.9 Å². The summed E-state index contributed by atoms with van der Waals surface area (Å²) in [5.74, 6) is 1.81. The molecule has 1 aromatic heterocycles. The van der Waals surface area contributed by atoms with Crippen molar-refractivity contribution in [1.29, 1.82) is 0 Å². The molecule has 0 N–H and O–H groups in total. The van der Waals surface area contributed by atoms with Crippen molar-refractivity contribution in [3.05, 3.63) is 67.1 Å². The molecule has 168 valence electrons. The van der Waals surface area contributed by atoms with Crippen molar-refractivity contribution in [3.8, 4) is 5.75 Å². The van der Waals surface area contributed by atoms with Gasteiger partial charge in [0.15, 0.2) is 0 Å². The summed E-state index contributed by atoms with van der Waals surface area (Å²) < 4.78 is 9.15. The summed E-state index contributed by atoms with van der Waals surface area (Å²) in [4.78, 5) is 18.3. The first-order chi connectivity index (χ1) is 15.5. The van der Waals surface area contributed by atoms with Gasteiger partial charge >= 0.3 is 0 Å². The van der Waals surface area contributed by atoms with E-state index in [-0.39, 0.29) is 17.6 Å². The zero-order valence-electron chi connectivity index (χ0n) is 18.4. The Morgan fingerprint density at radius 2 is 1.97 bits per heavy atom. The number of aromatic nitrogens is 2. The molecule has 1 heterocycles. The van der Waals surface area contributed by atoms with Gasteiger partial charge in [0.05, 0.1) is 27.7 Å². The molecule has 0 amide bonds. The third-order valence-corrected chi connectivity index (χ3v) is 7.10.